The van der Waals surface area contributed by atoms with Gasteiger partial charge in [0.1, 0.15) is 5.75 Å². The van der Waals surface area contributed by atoms with Crippen LogP contribution in [0, 0.1) is 10.1 Å². The van der Waals surface area contributed by atoms with Crippen LogP contribution in [0.5, 0.6) is 5.75 Å². The summed E-state index contributed by atoms with van der Waals surface area (Å²) in [4.78, 5) is 22.4. The first-order valence-electron chi connectivity index (χ1n) is 7.63. The molecule has 26 heavy (non-hydrogen) atoms. The molecule has 0 spiro atoms. The Bertz CT molecular complexity index is 941. The zero-order valence-electron chi connectivity index (χ0n) is 13.5. The molecule has 0 aliphatic carbocycles. The Morgan fingerprint density at radius 1 is 1.15 bits per heavy atom. The number of nitro groups is 1. The summed E-state index contributed by atoms with van der Waals surface area (Å²) in [5, 5.41) is 14.1. The van der Waals surface area contributed by atoms with Crippen LogP contribution in [-0.2, 0) is 4.79 Å². The van der Waals surface area contributed by atoms with Crippen molar-refractivity contribution < 1.29 is 14.5 Å². The third-order valence-corrected chi connectivity index (χ3v) is 3.75. The standard InChI is InChI=1S/C18H14ClN3O4/c19-13-6-7-16(17(10-13)21-8-1-2-9-21)20-18(23)12-26-15-5-3-4-14(11-15)22(24)25/h1-11H,12H2,(H,20,23). The Labute approximate surface area is 153 Å². The molecule has 8 heteroatoms. The lowest BCUT2D eigenvalue weighted by Crippen LogP contribution is -2.21. The molecule has 3 aromatic rings. The van der Waals surface area contributed by atoms with Crippen LogP contribution in [0.15, 0.2) is 67.0 Å². The summed E-state index contributed by atoms with van der Waals surface area (Å²) in [6.07, 6.45) is 3.67. The van der Waals surface area contributed by atoms with Gasteiger partial charge in [0.05, 0.1) is 22.4 Å². The van der Waals surface area contributed by atoms with E-state index < -0.39 is 10.8 Å². The van der Waals surface area contributed by atoms with Crippen molar-refractivity contribution in [1.82, 2.24) is 4.57 Å². The molecule has 7 nitrogen and oxygen atoms in total. The number of nitro benzene ring substituents is 1. The van der Waals surface area contributed by atoms with E-state index in [9.17, 15) is 14.9 Å². The quantitative estimate of drug-likeness (QED) is 0.523. The van der Waals surface area contributed by atoms with Crippen LogP contribution in [0.2, 0.25) is 5.02 Å². The number of halogens is 1. The third kappa shape index (κ3) is 4.20. The van der Waals surface area contributed by atoms with Crippen LogP contribution in [0.1, 0.15) is 0 Å². The Hall–Kier alpha value is -3.32. The summed E-state index contributed by atoms with van der Waals surface area (Å²) in [5.41, 5.74) is 1.18. The topological polar surface area (TPSA) is 86.4 Å². The normalized spacial score (nSPS) is 10.3. The predicted octanol–water partition coefficient (Wildman–Crippen LogP) is 4.06. The summed E-state index contributed by atoms with van der Waals surface area (Å²) in [7, 11) is 0. The molecule has 1 heterocycles. The third-order valence-electron chi connectivity index (χ3n) is 3.51. The Morgan fingerprint density at radius 3 is 2.65 bits per heavy atom. The number of amides is 1. The first-order valence-corrected chi connectivity index (χ1v) is 8.01. The Balaban J connectivity index is 1.69. The second-order valence-corrected chi connectivity index (χ2v) is 5.78. The number of carbonyl (C=O) groups excluding carboxylic acids is 1. The molecule has 0 bridgehead atoms. The molecule has 0 aliphatic heterocycles. The number of benzene rings is 2. The van der Waals surface area contributed by atoms with Crippen LogP contribution < -0.4 is 10.1 Å². The first-order chi connectivity index (χ1) is 12.5. The lowest BCUT2D eigenvalue weighted by molar-refractivity contribution is -0.384. The maximum absolute atomic E-state index is 12.2. The average molecular weight is 372 g/mol. The fraction of sp³-hybridized carbons (Fsp3) is 0.0556. The van der Waals surface area contributed by atoms with Crippen LogP contribution in [0.25, 0.3) is 5.69 Å². The number of rotatable bonds is 6. The minimum absolute atomic E-state index is 0.101. The molecule has 1 N–H and O–H groups in total. The van der Waals surface area contributed by atoms with Crippen molar-refractivity contribution in [2.75, 3.05) is 11.9 Å². The van der Waals surface area contributed by atoms with Gasteiger partial charge in [-0.15, -0.1) is 0 Å². The van der Waals surface area contributed by atoms with Gasteiger partial charge in [-0.3, -0.25) is 14.9 Å². The SMILES string of the molecule is O=C(COc1cccc([N+](=O)[O-])c1)Nc1ccc(Cl)cc1-n1cccc1. The van der Waals surface area contributed by atoms with E-state index in [0.29, 0.717) is 16.4 Å². The van der Waals surface area contributed by atoms with Crippen molar-refractivity contribution in [3.05, 3.63) is 82.1 Å². The number of hydrogen-bond donors (Lipinski definition) is 1. The zero-order chi connectivity index (χ0) is 18.5. The Morgan fingerprint density at radius 2 is 1.92 bits per heavy atom. The van der Waals surface area contributed by atoms with Crippen molar-refractivity contribution in [3.63, 3.8) is 0 Å². The highest BCUT2D eigenvalue weighted by Gasteiger charge is 2.11. The van der Waals surface area contributed by atoms with Gasteiger partial charge < -0.3 is 14.6 Å². The van der Waals surface area contributed by atoms with E-state index in [4.69, 9.17) is 16.3 Å². The maximum Gasteiger partial charge on any atom is 0.273 e. The fourth-order valence-electron chi connectivity index (χ4n) is 2.34. The van der Waals surface area contributed by atoms with Gasteiger partial charge in [-0.2, -0.15) is 0 Å². The number of carbonyl (C=O) groups is 1. The van der Waals surface area contributed by atoms with Crippen LogP contribution in [0.3, 0.4) is 0 Å². The van der Waals surface area contributed by atoms with E-state index in [0.717, 1.165) is 0 Å². The molecule has 2 aromatic carbocycles. The molecule has 1 aromatic heterocycles. The fourth-order valence-corrected chi connectivity index (χ4v) is 2.51. The number of ether oxygens (including phenoxy) is 1. The van der Waals surface area contributed by atoms with Crippen molar-refractivity contribution >= 4 is 28.9 Å². The van der Waals surface area contributed by atoms with Gasteiger partial charge in [0.15, 0.2) is 6.61 Å². The molecular weight excluding hydrogens is 358 g/mol. The zero-order valence-corrected chi connectivity index (χ0v) is 14.2. The van der Waals surface area contributed by atoms with Gasteiger partial charge in [-0.25, -0.2) is 0 Å². The largest absolute Gasteiger partial charge is 0.484 e. The molecule has 0 atom stereocenters. The summed E-state index contributed by atoms with van der Waals surface area (Å²) < 4.78 is 7.16. The van der Waals surface area contributed by atoms with Gasteiger partial charge in [0.25, 0.3) is 11.6 Å². The summed E-state index contributed by atoms with van der Waals surface area (Å²) in [5.74, 6) is -0.150. The molecular formula is C18H14ClN3O4. The molecule has 1 amide bonds. The summed E-state index contributed by atoms with van der Waals surface area (Å²) in [6.45, 7) is -0.283. The highest BCUT2D eigenvalue weighted by molar-refractivity contribution is 6.30. The van der Waals surface area contributed by atoms with Gasteiger partial charge in [0, 0.05) is 23.5 Å². The van der Waals surface area contributed by atoms with Crippen LogP contribution in [0.4, 0.5) is 11.4 Å². The molecule has 0 saturated carbocycles. The van der Waals surface area contributed by atoms with E-state index in [1.54, 1.807) is 24.3 Å². The van der Waals surface area contributed by atoms with E-state index in [-0.39, 0.29) is 18.0 Å². The van der Waals surface area contributed by atoms with E-state index in [1.807, 2.05) is 29.1 Å². The molecule has 0 saturated heterocycles. The molecule has 3 rings (SSSR count). The summed E-state index contributed by atoms with van der Waals surface area (Å²) in [6, 6.07) is 14.5. The predicted molar refractivity (Wildman–Crippen MR) is 98.0 cm³/mol. The Kier molecular flexibility index (Phi) is 5.19. The van der Waals surface area contributed by atoms with E-state index in [2.05, 4.69) is 5.32 Å². The maximum atomic E-state index is 12.2. The van der Waals surface area contributed by atoms with Crippen molar-refractivity contribution in [2.24, 2.45) is 0 Å². The van der Waals surface area contributed by atoms with Crippen molar-refractivity contribution in [3.8, 4) is 11.4 Å². The number of anilines is 1. The lowest BCUT2D eigenvalue weighted by atomic mass is 10.2. The average Bonchev–Trinajstić information content (AvgIpc) is 3.16. The van der Waals surface area contributed by atoms with Crippen molar-refractivity contribution in [2.45, 2.75) is 0 Å². The van der Waals surface area contributed by atoms with Gasteiger partial charge in [0.2, 0.25) is 0 Å². The van der Waals surface area contributed by atoms with Gasteiger partial charge >= 0.3 is 0 Å². The smallest absolute Gasteiger partial charge is 0.273 e. The molecule has 0 aliphatic rings. The number of nitrogens with zero attached hydrogens (tertiary/aromatic N) is 2. The van der Waals surface area contributed by atoms with E-state index in [1.165, 1.54) is 18.2 Å². The first kappa shape index (κ1) is 17.5. The highest BCUT2D eigenvalue weighted by Crippen LogP contribution is 2.25. The van der Waals surface area contributed by atoms with Gasteiger partial charge in [-0.1, -0.05) is 17.7 Å². The van der Waals surface area contributed by atoms with Crippen molar-refractivity contribution in [1.29, 1.82) is 0 Å². The lowest BCUT2D eigenvalue weighted by Gasteiger charge is -2.13. The number of nitrogens with one attached hydrogen (secondary N) is 1. The van der Waals surface area contributed by atoms with Gasteiger partial charge in [-0.05, 0) is 36.4 Å². The van der Waals surface area contributed by atoms with Crippen LogP contribution >= 0.6 is 11.6 Å². The number of aromatic nitrogens is 1. The highest BCUT2D eigenvalue weighted by atomic mass is 35.5. The summed E-state index contributed by atoms with van der Waals surface area (Å²) >= 11 is 6.05. The van der Waals surface area contributed by atoms with E-state index >= 15 is 0 Å². The molecule has 0 fully saturated rings. The van der Waals surface area contributed by atoms with Crippen LogP contribution in [-0.4, -0.2) is 22.0 Å². The monoisotopic (exact) mass is 371 g/mol. The second-order valence-electron chi connectivity index (χ2n) is 5.34. The molecule has 0 unspecified atom stereocenters. The number of hydrogen-bond acceptors (Lipinski definition) is 4. The second kappa shape index (κ2) is 7.71. The minimum Gasteiger partial charge on any atom is -0.484 e. The minimum atomic E-state index is -0.524. The molecule has 0 radical (unpaired) electrons. The molecule has 132 valence electrons. The number of non-ortho nitro benzene ring substituents is 1.